The molecule has 2 unspecified atom stereocenters. The van der Waals surface area contributed by atoms with Gasteiger partial charge in [-0.05, 0) is 47.5 Å². The summed E-state index contributed by atoms with van der Waals surface area (Å²) in [6.07, 6.45) is 0.522. The van der Waals surface area contributed by atoms with Crippen molar-refractivity contribution in [1.29, 1.82) is 0 Å². The van der Waals surface area contributed by atoms with Gasteiger partial charge in [0.25, 0.3) is 5.91 Å². The molecule has 2 heterocycles. The van der Waals surface area contributed by atoms with E-state index in [2.05, 4.69) is 10.3 Å². The van der Waals surface area contributed by atoms with E-state index < -0.39 is 5.25 Å². The number of amides is 2. The Morgan fingerprint density at radius 1 is 1.09 bits per heavy atom. The first-order chi connectivity index (χ1) is 17.0. The van der Waals surface area contributed by atoms with Gasteiger partial charge in [0.1, 0.15) is 11.1 Å². The van der Waals surface area contributed by atoms with Crippen LogP contribution in [0.2, 0.25) is 5.02 Å². The lowest BCUT2D eigenvalue weighted by Crippen LogP contribution is -2.25. The number of nitrogens with zero attached hydrogens (tertiary/aromatic N) is 3. The number of para-hydroxylation sites is 1. The van der Waals surface area contributed by atoms with Gasteiger partial charge in [-0.25, -0.2) is 9.40 Å². The van der Waals surface area contributed by atoms with Gasteiger partial charge in [0, 0.05) is 23.6 Å². The number of thioether (sulfide) groups is 1. The van der Waals surface area contributed by atoms with Crippen molar-refractivity contribution in [2.24, 2.45) is 10.1 Å². The van der Waals surface area contributed by atoms with Gasteiger partial charge in [0.2, 0.25) is 5.91 Å². The van der Waals surface area contributed by atoms with Crippen LogP contribution in [-0.2, 0) is 9.59 Å². The Balaban J connectivity index is 1.37. The van der Waals surface area contributed by atoms with E-state index in [-0.39, 0.29) is 30.1 Å². The molecule has 0 fully saturated rings. The van der Waals surface area contributed by atoms with Gasteiger partial charge in [-0.2, -0.15) is 10.1 Å². The molecule has 2 aliphatic rings. The molecular weight excluding hydrogens is 487 g/mol. The lowest BCUT2D eigenvalue weighted by Gasteiger charge is -2.23. The molecule has 1 N–H and O–H groups in total. The summed E-state index contributed by atoms with van der Waals surface area (Å²) in [5.41, 5.74) is 3.12. The van der Waals surface area contributed by atoms with Gasteiger partial charge in [0.15, 0.2) is 5.17 Å². The van der Waals surface area contributed by atoms with E-state index in [1.54, 1.807) is 35.3 Å². The average Bonchev–Trinajstić information content (AvgIpc) is 3.44. The molecule has 9 heteroatoms. The quantitative estimate of drug-likeness (QED) is 0.484. The van der Waals surface area contributed by atoms with Crippen molar-refractivity contribution in [3.05, 3.63) is 101 Å². The molecule has 0 radical (unpaired) electrons. The number of anilines is 1. The molecule has 2 amide bonds. The molecule has 35 heavy (non-hydrogen) atoms. The van der Waals surface area contributed by atoms with E-state index in [1.165, 1.54) is 23.9 Å². The van der Waals surface area contributed by atoms with E-state index >= 15 is 0 Å². The van der Waals surface area contributed by atoms with Gasteiger partial charge < -0.3 is 5.32 Å². The topological polar surface area (TPSA) is 74.1 Å². The number of hydrazone groups is 1. The van der Waals surface area contributed by atoms with Crippen LogP contribution < -0.4 is 5.32 Å². The van der Waals surface area contributed by atoms with Crippen LogP contribution in [0.3, 0.4) is 0 Å². The highest BCUT2D eigenvalue weighted by molar-refractivity contribution is 8.15. The van der Waals surface area contributed by atoms with Gasteiger partial charge in [0.05, 0.1) is 11.8 Å². The third-order valence-electron chi connectivity index (χ3n) is 5.67. The van der Waals surface area contributed by atoms with Crippen molar-refractivity contribution in [3.8, 4) is 0 Å². The first-order valence-corrected chi connectivity index (χ1v) is 12.2. The van der Waals surface area contributed by atoms with Crippen LogP contribution in [-0.4, -0.2) is 33.0 Å². The number of halogens is 2. The molecule has 0 spiro atoms. The largest absolute Gasteiger partial charge is 0.326 e. The Hall–Kier alpha value is -3.49. The Kier molecular flexibility index (Phi) is 6.66. The van der Waals surface area contributed by atoms with Crippen LogP contribution in [0.25, 0.3) is 0 Å². The second-order valence-electron chi connectivity index (χ2n) is 8.13. The molecule has 6 nitrogen and oxygen atoms in total. The maximum Gasteiger partial charge on any atom is 0.262 e. The second-order valence-corrected chi connectivity index (χ2v) is 9.74. The van der Waals surface area contributed by atoms with E-state index in [1.807, 2.05) is 36.4 Å². The van der Waals surface area contributed by atoms with Crippen molar-refractivity contribution in [1.82, 2.24) is 5.01 Å². The Bertz CT molecular complexity index is 1330. The van der Waals surface area contributed by atoms with Crippen LogP contribution in [0.5, 0.6) is 0 Å². The lowest BCUT2D eigenvalue weighted by molar-refractivity contribution is -0.121. The fraction of sp³-hybridized carbons (Fsp3) is 0.154. The molecule has 0 saturated heterocycles. The van der Waals surface area contributed by atoms with E-state index in [0.29, 0.717) is 22.3 Å². The normalized spacial score (nSPS) is 19.5. The van der Waals surface area contributed by atoms with E-state index in [0.717, 1.165) is 16.8 Å². The number of nitrogens with one attached hydrogen (secondary N) is 1. The maximum absolute atomic E-state index is 13.5. The minimum atomic E-state index is -0.640. The molecule has 3 aromatic rings. The predicted octanol–water partition coefficient (Wildman–Crippen LogP) is 5.66. The minimum Gasteiger partial charge on any atom is -0.326 e. The highest BCUT2D eigenvalue weighted by atomic mass is 35.5. The summed E-state index contributed by atoms with van der Waals surface area (Å²) in [5.74, 6) is -0.959. The van der Waals surface area contributed by atoms with Gasteiger partial charge in [-0.3, -0.25) is 9.59 Å². The zero-order valence-corrected chi connectivity index (χ0v) is 20.0. The highest BCUT2D eigenvalue weighted by Crippen LogP contribution is 2.39. The standard InChI is InChI=1S/C26H20ClFN4O2S/c27-18-6-4-5-17(13-18)22-14-21(16-9-11-19(28)12-10-16)31-32(22)26-30-25(34)23(35-26)15-24(33)29-20-7-2-1-3-8-20/h1-13,22-23H,14-15H2,(H,29,33). The zero-order chi connectivity index (χ0) is 24.4. The molecule has 0 aromatic heterocycles. The summed E-state index contributed by atoms with van der Waals surface area (Å²) in [6, 6.07) is 22.4. The predicted molar refractivity (Wildman–Crippen MR) is 137 cm³/mol. The third kappa shape index (κ3) is 5.28. The Morgan fingerprint density at radius 2 is 1.86 bits per heavy atom. The molecule has 2 atom stereocenters. The first-order valence-electron chi connectivity index (χ1n) is 11.0. The SMILES string of the molecule is O=C(CC1SC(N2N=C(c3ccc(F)cc3)CC2c2cccc(Cl)c2)=NC1=O)Nc1ccccc1. The summed E-state index contributed by atoms with van der Waals surface area (Å²) in [5, 5.41) is 9.64. The third-order valence-corrected chi connectivity index (χ3v) is 7.05. The van der Waals surface area contributed by atoms with Gasteiger partial charge in [-0.15, -0.1) is 0 Å². The maximum atomic E-state index is 13.5. The number of hydrogen-bond acceptors (Lipinski definition) is 5. The number of hydrogen-bond donors (Lipinski definition) is 1. The van der Waals surface area contributed by atoms with Crippen molar-refractivity contribution < 1.29 is 14.0 Å². The number of carbonyl (C=O) groups is 2. The van der Waals surface area contributed by atoms with Crippen LogP contribution in [0, 0.1) is 5.82 Å². The average molecular weight is 507 g/mol. The van der Waals surface area contributed by atoms with Crippen molar-refractivity contribution in [2.75, 3.05) is 5.32 Å². The van der Waals surface area contributed by atoms with E-state index in [9.17, 15) is 14.0 Å². The van der Waals surface area contributed by atoms with Crippen LogP contribution in [0.1, 0.15) is 30.0 Å². The summed E-state index contributed by atoms with van der Waals surface area (Å²) < 4.78 is 13.5. The van der Waals surface area contributed by atoms with Crippen LogP contribution in [0.15, 0.2) is 89.0 Å². The van der Waals surface area contributed by atoms with Gasteiger partial charge >= 0.3 is 0 Å². The highest BCUT2D eigenvalue weighted by Gasteiger charge is 2.39. The number of rotatable bonds is 5. The van der Waals surface area contributed by atoms with E-state index in [4.69, 9.17) is 16.7 Å². The summed E-state index contributed by atoms with van der Waals surface area (Å²) in [6.45, 7) is 0. The lowest BCUT2D eigenvalue weighted by atomic mass is 9.98. The number of carbonyl (C=O) groups excluding carboxylic acids is 2. The fourth-order valence-electron chi connectivity index (χ4n) is 3.98. The molecule has 0 bridgehead atoms. The summed E-state index contributed by atoms with van der Waals surface area (Å²) in [7, 11) is 0. The van der Waals surface area contributed by atoms with Crippen molar-refractivity contribution in [2.45, 2.75) is 24.1 Å². The number of aliphatic imine (C=N–C) groups is 1. The van der Waals surface area contributed by atoms with Crippen LogP contribution in [0.4, 0.5) is 10.1 Å². The minimum absolute atomic E-state index is 0.00437. The monoisotopic (exact) mass is 506 g/mol. The molecule has 5 rings (SSSR count). The molecule has 3 aromatic carbocycles. The molecular formula is C26H20ClFN4O2S. The molecule has 0 saturated carbocycles. The van der Waals surface area contributed by atoms with Crippen molar-refractivity contribution in [3.63, 3.8) is 0 Å². The smallest absolute Gasteiger partial charge is 0.262 e. The second kappa shape index (κ2) is 10.0. The fourth-order valence-corrected chi connectivity index (χ4v) is 5.24. The molecule has 0 aliphatic carbocycles. The number of amidine groups is 1. The zero-order valence-electron chi connectivity index (χ0n) is 18.4. The van der Waals surface area contributed by atoms with Gasteiger partial charge in [-0.1, -0.05) is 65.8 Å². The number of benzene rings is 3. The van der Waals surface area contributed by atoms with Crippen LogP contribution >= 0.6 is 23.4 Å². The summed E-state index contributed by atoms with van der Waals surface area (Å²) in [4.78, 5) is 29.4. The van der Waals surface area contributed by atoms with Crippen molar-refractivity contribution >= 4 is 51.7 Å². The summed E-state index contributed by atoms with van der Waals surface area (Å²) >= 11 is 7.46. The molecule has 2 aliphatic heterocycles. The Labute approximate surface area is 210 Å². The first kappa shape index (κ1) is 23.3. The molecule has 176 valence electrons. The Morgan fingerprint density at radius 3 is 2.60 bits per heavy atom.